The van der Waals surface area contributed by atoms with Gasteiger partial charge in [0.1, 0.15) is 0 Å². The van der Waals surface area contributed by atoms with Crippen molar-refractivity contribution in [3.63, 3.8) is 0 Å². The first-order chi connectivity index (χ1) is 4.88. The molecule has 1 heteroatoms. The van der Waals surface area contributed by atoms with E-state index in [1.54, 1.807) is 0 Å². The van der Waals surface area contributed by atoms with Crippen molar-refractivity contribution in [1.29, 1.82) is 0 Å². The van der Waals surface area contributed by atoms with Crippen LogP contribution in [-0.4, -0.2) is 5.48 Å². The topological polar surface area (TPSA) is 31.5 Å². The molecule has 0 atom stereocenters. The van der Waals surface area contributed by atoms with Gasteiger partial charge in [-0.1, -0.05) is 30.8 Å². The quantitative estimate of drug-likeness (QED) is 0.537. The van der Waals surface area contributed by atoms with Gasteiger partial charge >= 0.3 is 0 Å². The molecular formula is C10H12O. The SMILES string of the molecule is C=C1CCc2ccccc21.O. The van der Waals surface area contributed by atoms with Crippen LogP contribution in [0, 0.1) is 0 Å². The summed E-state index contributed by atoms with van der Waals surface area (Å²) >= 11 is 0. The highest BCUT2D eigenvalue weighted by molar-refractivity contribution is 5.70. The Labute approximate surface area is 66.7 Å². The van der Waals surface area contributed by atoms with Gasteiger partial charge in [0.05, 0.1) is 0 Å². The van der Waals surface area contributed by atoms with E-state index in [9.17, 15) is 0 Å². The number of rotatable bonds is 0. The van der Waals surface area contributed by atoms with E-state index in [1.165, 1.54) is 23.1 Å². The van der Waals surface area contributed by atoms with Crippen molar-refractivity contribution in [1.82, 2.24) is 0 Å². The maximum Gasteiger partial charge on any atom is -0.0198 e. The number of hydrogen-bond donors (Lipinski definition) is 0. The van der Waals surface area contributed by atoms with Crippen LogP contribution >= 0.6 is 0 Å². The minimum atomic E-state index is 0. The molecule has 1 aliphatic carbocycles. The van der Waals surface area contributed by atoms with Crippen LogP contribution in [-0.2, 0) is 6.42 Å². The lowest BCUT2D eigenvalue weighted by molar-refractivity contribution is 0.824. The Morgan fingerprint density at radius 3 is 2.55 bits per heavy atom. The van der Waals surface area contributed by atoms with Crippen LogP contribution in [0.4, 0.5) is 0 Å². The second-order valence-electron chi connectivity index (χ2n) is 2.76. The number of hydrogen-bond acceptors (Lipinski definition) is 0. The van der Waals surface area contributed by atoms with Gasteiger partial charge in [0.25, 0.3) is 0 Å². The van der Waals surface area contributed by atoms with E-state index in [-0.39, 0.29) is 5.48 Å². The molecule has 0 heterocycles. The molecular weight excluding hydrogens is 136 g/mol. The van der Waals surface area contributed by atoms with Crippen molar-refractivity contribution in [3.05, 3.63) is 42.0 Å². The minimum Gasteiger partial charge on any atom is -0.412 e. The lowest BCUT2D eigenvalue weighted by Gasteiger charge is -1.95. The summed E-state index contributed by atoms with van der Waals surface area (Å²) in [7, 11) is 0. The van der Waals surface area contributed by atoms with Crippen molar-refractivity contribution in [3.8, 4) is 0 Å². The fourth-order valence-electron chi connectivity index (χ4n) is 1.50. The van der Waals surface area contributed by atoms with Crippen molar-refractivity contribution in [2.24, 2.45) is 0 Å². The molecule has 0 saturated carbocycles. The van der Waals surface area contributed by atoms with Crippen LogP contribution in [0.1, 0.15) is 17.5 Å². The highest BCUT2D eigenvalue weighted by atomic mass is 16.0. The molecule has 11 heavy (non-hydrogen) atoms. The third kappa shape index (κ3) is 1.19. The summed E-state index contributed by atoms with van der Waals surface area (Å²) in [4.78, 5) is 0. The number of benzene rings is 1. The fraction of sp³-hybridized carbons (Fsp3) is 0.200. The highest BCUT2D eigenvalue weighted by Crippen LogP contribution is 2.29. The first-order valence-corrected chi connectivity index (χ1v) is 3.64. The van der Waals surface area contributed by atoms with Crippen molar-refractivity contribution in [2.45, 2.75) is 12.8 Å². The van der Waals surface area contributed by atoms with Crippen molar-refractivity contribution >= 4 is 5.57 Å². The van der Waals surface area contributed by atoms with Gasteiger partial charge in [-0.3, -0.25) is 0 Å². The molecule has 0 unspecified atom stereocenters. The van der Waals surface area contributed by atoms with Crippen LogP contribution in [0.3, 0.4) is 0 Å². The predicted octanol–water partition coefficient (Wildman–Crippen LogP) is 1.82. The van der Waals surface area contributed by atoms with Crippen molar-refractivity contribution in [2.75, 3.05) is 0 Å². The fourth-order valence-corrected chi connectivity index (χ4v) is 1.50. The Bertz CT molecular complexity index is 276. The molecule has 1 aliphatic rings. The van der Waals surface area contributed by atoms with Crippen LogP contribution in [0.5, 0.6) is 0 Å². The van der Waals surface area contributed by atoms with Gasteiger partial charge in [-0.2, -0.15) is 0 Å². The third-order valence-electron chi connectivity index (χ3n) is 2.09. The normalized spacial score (nSPS) is 14.0. The lowest BCUT2D eigenvalue weighted by atomic mass is 10.1. The summed E-state index contributed by atoms with van der Waals surface area (Å²) < 4.78 is 0. The van der Waals surface area contributed by atoms with E-state index < -0.39 is 0 Å². The summed E-state index contributed by atoms with van der Waals surface area (Å²) in [5, 5.41) is 0. The Morgan fingerprint density at radius 1 is 1.09 bits per heavy atom. The molecule has 0 radical (unpaired) electrons. The zero-order chi connectivity index (χ0) is 6.97. The molecule has 0 aromatic heterocycles. The molecule has 2 N–H and O–H groups in total. The van der Waals surface area contributed by atoms with E-state index in [0.717, 1.165) is 6.42 Å². The van der Waals surface area contributed by atoms with Crippen LogP contribution in [0.25, 0.3) is 5.57 Å². The molecule has 58 valence electrons. The summed E-state index contributed by atoms with van der Waals surface area (Å²) in [5.74, 6) is 0. The predicted molar refractivity (Wildman–Crippen MR) is 47.4 cm³/mol. The number of allylic oxidation sites excluding steroid dienone is 1. The zero-order valence-corrected chi connectivity index (χ0v) is 6.43. The average Bonchev–Trinajstić information content (AvgIpc) is 2.34. The average molecular weight is 148 g/mol. The van der Waals surface area contributed by atoms with Crippen LogP contribution < -0.4 is 0 Å². The molecule has 1 aromatic carbocycles. The summed E-state index contributed by atoms with van der Waals surface area (Å²) in [6.45, 7) is 4.00. The molecule has 0 aliphatic heterocycles. The Hall–Kier alpha value is -1.08. The van der Waals surface area contributed by atoms with Crippen LogP contribution in [0.2, 0.25) is 0 Å². The summed E-state index contributed by atoms with van der Waals surface area (Å²) in [6, 6.07) is 8.52. The maximum absolute atomic E-state index is 4.00. The zero-order valence-electron chi connectivity index (χ0n) is 6.43. The van der Waals surface area contributed by atoms with Crippen LogP contribution in [0.15, 0.2) is 30.8 Å². The van der Waals surface area contributed by atoms with Gasteiger partial charge in [0, 0.05) is 0 Å². The van der Waals surface area contributed by atoms with E-state index in [2.05, 4.69) is 30.8 Å². The number of fused-ring (bicyclic) bond motifs is 1. The molecule has 0 bridgehead atoms. The number of aryl methyl sites for hydroxylation is 1. The van der Waals surface area contributed by atoms with Crippen molar-refractivity contribution < 1.29 is 5.48 Å². The first-order valence-electron chi connectivity index (χ1n) is 3.64. The molecule has 1 aromatic rings. The first kappa shape index (κ1) is 8.02. The standard InChI is InChI=1S/C10H10.H2O/c1-8-6-7-9-4-2-3-5-10(8)9;/h2-5H,1,6-7H2;1H2. The molecule has 0 fully saturated rings. The van der Waals surface area contributed by atoms with E-state index >= 15 is 0 Å². The Balaban J connectivity index is 0.000000605. The third-order valence-corrected chi connectivity index (χ3v) is 2.09. The monoisotopic (exact) mass is 148 g/mol. The molecule has 1 nitrogen and oxygen atoms in total. The Kier molecular flexibility index (Phi) is 2.11. The van der Waals surface area contributed by atoms with Gasteiger partial charge in [-0.25, -0.2) is 0 Å². The summed E-state index contributed by atoms with van der Waals surface area (Å²) in [5.41, 5.74) is 4.14. The largest absolute Gasteiger partial charge is 0.412 e. The van der Waals surface area contributed by atoms with Gasteiger partial charge in [0.2, 0.25) is 0 Å². The smallest absolute Gasteiger partial charge is 0.0198 e. The van der Waals surface area contributed by atoms with Gasteiger partial charge < -0.3 is 5.48 Å². The summed E-state index contributed by atoms with van der Waals surface area (Å²) in [6.07, 6.45) is 2.34. The lowest BCUT2D eigenvalue weighted by Crippen LogP contribution is -1.76. The highest BCUT2D eigenvalue weighted by Gasteiger charge is 2.11. The van der Waals surface area contributed by atoms with E-state index in [1.807, 2.05) is 0 Å². The maximum atomic E-state index is 4.00. The second kappa shape index (κ2) is 2.89. The van der Waals surface area contributed by atoms with Gasteiger partial charge in [0.15, 0.2) is 0 Å². The molecule has 0 saturated heterocycles. The van der Waals surface area contributed by atoms with Gasteiger partial charge in [-0.15, -0.1) is 0 Å². The molecule has 0 amide bonds. The second-order valence-corrected chi connectivity index (χ2v) is 2.76. The van der Waals surface area contributed by atoms with E-state index in [0.29, 0.717) is 0 Å². The molecule has 0 spiro atoms. The Morgan fingerprint density at radius 2 is 1.82 bits per heavy atom. The van der Waals surface area contributed by atoms with Gasteiger partial charge in [-0.05, 0) is 29.5 Å². The molecule has 2 rings (SSSR count). The van der Waals surface area contributed by atoms with E-state index in [4.69, 9.17) is 0 Å². The minimum absolute atomic E-state index is 0.